The van der Waals surface area contributed by atoms with Gasteiger partial charge in [0.15, 0.2) is 11.5 Å². The Labute approximate surface area is 211 Å². The zero-order valence-electron chi connectivity index (χ0n) is 20.8. The molecule has 0 radical (unpaired) electrons. The van der Waals surface area contributed by atoms with Crippen molar-refractivity contribution in [1.29, 1.82) is 0 Å². The Hall–Kier alpha value is -3.53. The minimum Gasteiger partial charge on any atom is -0.364 e. The molecule has 190 valence electrons. The van der Waals surface area contributed by atoms with Crippen LogP contribution in [-0.4, -0.2) is 82.1 Å². The molecule has 0 bridgehead atoms. The zero-order valence-corrected chi connectivity index (χ0v) is 20.8. The van der Waals surface area contributed by atoms with Crippen LogP contribution in [0.2, 0.25) is 0 Å². The second kappa shape index (κ2) is 10.2. The van der Waals surface area contributed by atoms with Crippen molar-refractivity contribution in [2.45, 2.75) is 50.1 Å². The Morgan fingerprint density at radius 2 is 1.81 bits per heavy atom. The fourth-order valence-corrected chi connectivity index (χ4v) is 5.28. The van der Waals surface area contributed by atoms with Gasteiger partial charge in [-0.15, -0.1) is 10.2 Å². The average molecular weight is 491 g/mol. The monoisotopic (exact) mass is 490 g/mol. The Morgan fingerprint density at radius 1 is 1.08 bits per heavy atom. The highest BCUT2D eigenvalue weighted by atomic mass is 16.2. The third-order valence-corrected chi connectivity index (χ3v) is 7.66. The van der Waals surface area contributed by atoms with E-state index in [0.717, 1.165) is 18.2 Å². The highest BCUT2D eigenvalue weighted by Crippen LogP contribution is 2.35. The molecule has 3 fully saturated rings. The summed E-state index contributed by atoms with van der Waals surface area (Å²) in [5.41, 5.74) is 7.67. The van der Waals surface area contributed by atoms with E-state index in [9.17, 15) is 9.59 Å². The molecule has 1 saturated carbocycles. The normalized spacial score (nSPS) is 20.8. The SMILES string of the molecule is C=CC(=O)N1CC[C@@H](N(C)c2nnc(C(N)=O)c(Nc3ccc(C4CCN(C5CC5)CC4)cc3)n2)C1. The number of likely N-dealkylation sites (N-methyl/N-ethyl adjacent to an activating group) is 1. The van der Waals surface area contributed by atoms with E-state index in [1.165, 1.54) is 50.4 Å². The van der Waals surface area contributed by atoms with Gasteiger partial charge in [-0.1, -0.05) is 18.7 Å². The summed E-state index contributed by atoms with van der Waals surface area (Å²) in [5, 5.41) is 11.4. The molecule has 2 aromatic rings. The second-order valence-corrected chi connectivity index (χ2v) is 10.0. The number of carbonyl (C=O) groups is 2. The highest BCUT2D eigenvalue weighted by Gasteiger charge is 2.32. The molecule has 5 rings (SSSR count). The van der Waals surface area contributed by atoms with Gasteiger partial charge in [0.2, 0.25) is 11.9 Å². The smallest absolute Gasteiger partial charge is 0.273 e. The largest absolute Gasteiger partial charge is 0.364 e. The van der Waals surface area contributed by atoms with Crippen molar-refractivity contribution in [3.63, 3.8) is 0 Å². The summed E-state index contributed by atoms with van der Waals surface area (Å²) in [6, 6.07) is 9.19. The number of anilines is 3. The zero-order chi connectivity index (χ0) is 25.2. The summed E-state index contributed by atoms with van der Waals surface area (Å²) in [4.78, 5) is 34.8. The van der Waals surface area contributed by atoms with Crippen molar-refractivity contribution in [3.05, 3.63) is 48.2 Å². The maximum Gasteiger partial charge on any atom is 0.273 e. The van der Waals surface area contributed by atoms with E-state index in [-0.39, 0.29) is 23.5 Å². The number of nitrogens with one attached hydrogen (secondary N) is 1. The average Bonchev–Trinajstić information content (AvgIpc) is 3.64. The molecule has 0 unspecified atom stereocenters. The Balaban J connectivity index is 1.27. The minimum atomic E-state index is -0.700. The summed E-state index contributed by atoms with van der Waals surface area (Å²) in [6.07, 6.45) is 7.21. The van der Waals surface area contributed by atoms with E-state index in [0.29, 0.717) is 25.0 Å². The molecule has 3 N–H and O–H groups in total. The number of amides is 2. The second-order valence-electron chi connectivity index (χ2n) is 10.0. The highest BCUT2D eigenvalue weighted by molar-refractivity contribution is 5.96. The molecular weight excluding hydrogens is 456 g/mol. The van der Waals surface area contributed by atoms with Gasteiger partial charge in [0.25, 0.3) is 5.91 Å². The lowest BCUT2D eigenvalue weighted by Crippen LogP contribution is -2.37. The van der Waals surface area contributed by atoms with Crippen LogP contribution >= 0.6 is 0 Å². The van der Waals surface area contributed by atoms with E-state index in [2.05, 4.69) is 44.1 Å². The van der Waals surface area contributed by atoms with Crippen molar-refractivity contribution in [3.8, 4) is 0 Å². The standard InChI is InChI=1S/C26H34N8O2/c1-3-22(35)34-15-12-21(16-34)32(2)26-29-25(23(24(27)36)30-31-26)28-19-6-4-17(5-7-19)18-10-13-33(14-11-18)20-8-9-20/h3-7,18,20-21H,1,8-16H2,2H3,(H2,27,36)(H,28,29,31)/t21-/m1/s1. The topological polar surface area (TPSA) is 121 Å². The van der Waals surface area contributed by atoms with Crippen molar-refractivity contribution in [1.82, 2.24) is 25.0 Å². The minimum absolute atomic E-state index is 0.0152. The van der Waals surface area contributed by atoms with Gasteiger partial charge >= 0.3 is 0 Å². The first kappa shape index (κ1) is 24.2. The molecular formula is C26H34N8O2. The van der Waals surface area contributed by atoms with Crippen molar-refractivity contribution in [2.75, 3.05) is 43.4 Å². The van der Waals surface area contributed by atoms with Gasteiger partial charge < -0.3 is 25.8 Å². The van der Waals surface area contributed by atoms with E-state index in [1.54, 1.807) is 4.90 Å². The third kappa shape index (κ3) is 5.18. The summed E-state index contributed by atoms with van der Waals surface area (Å²) >= 11 is 0. The fraction of sp³-hybridized carbons (Fsp3) is 0.500. The number of nitrogens with two attached hydrogens (primary N) is 1. The molecule has 2 amide bonds. The lowest BCUT2D eigenvalue weighted by atomic mass is 9.89. The van der Waals surface area contributed by atoms with Crippen LogP contribution in [-0.2, 0) is 4.79 Å². The number of piperidine rings is 1. The van der Waals surface area contributed by atoms with E-state index in [4.69, 9.17) is 5.73 Å². The molecule has 36 heavy (non-hydrogen) atoms. The number of likely N-dealkylation sites (tertiary alicyclic amines) is 2. The van der Waals surface area contributed by atoms with Crippen LogP contribution < -0.4 is 16.0 Å². The van der Waals surface area contributed by atoms with Gasteiger partial charge in [-0.3, -0.25) is 9.59 Å². The predicted molar refractivity (Wildman–Crippen MR) is 138 cm³/mol. The summed E-state index contributed by atoms with van der Waals surface area (Å²) < 4.78 is 0. The number of aromatic nitrogens is 3. The molecule has 3 aliphatic rings. The Kier molecular flexibility index (Phi) is 6.86. The van der Waals surface area contributed by atoms with Crippen molar-refractivity contribution in [2.24, 2.45) is 5.73 Å². The molecule has 10 nitrogen and oxygen atoms in total. The first-order chi connectivity index (χ1) is 17.4. The molecule has 0 spiro atoms. The van der Waals surface area contributed by atoms with Gasteiger partial charge in [-0.05, 0) is 74.9 Å². The number of nitrogens with zero attached hydrogens (tertiary/aromatic N) is 6. The molecule has 2 aliphatic heterocycles. The fourth-order valence-electron chi connectivity index (χ4n) is 5.28. The molecule has 3 heterocycles. The number of primary amides is 1. The van der Waals surface area contributed by atoms with Gasteiger partial charge in [-0.25, -0.2) is 0 Å². The number of carbonyl (C=O) groups excluding carboxylic acids is 2. The molecule has 1 aromatic heterocycles. The quantitative estimate of drug-likeness (QED) is 0.541. The first-order valence-electron chi connectivity index (χ1n) is 12.7. The van der Waals surface area contributed by atoms with Crippen LogP contribution in [0.3, 0.4) is 0 Å². The molecule has 1 aromatic carbocycles. The lowest BCUT2D eigenvalue weighted by molar-refractivity contribution is -0.125. The Bertz CT molecular complexity index is 1130. The van der Waals surface area contributed by atoms with Crippen LogP contribution in [0.15, 0.2) is 36.9 Å². The summed E-state index contributed by atoms with van der Waals surface area (Å²) in [6.45, 7) is 7.11. The number of benzene rings is 1. The van der Waals surface area contributed by atoms with Crippen LogP contribution in [0.1, 0.15) is 54.1 Å². The summed E-state index contributed by atoms with van der Waals surface area (Å²) in [5.74, 6) is 0.416. The van der Waals surface area contributed by atoms with Crippen LogP contribution in [0.25, 0.3) is 0 Å². The number of rotatable bonds is 8. The van der Waals surface area contributed by atoms with E-state index in [1.807, 2.05) is 24.1 Å². The predicted octanol–water partition coefficient (Wildman–Crippen LogP) is 2.28. The number of hydrogen-bond acceptors (Lipinski definition) is 8. The number of hydrogen-bond donors (Lipinski definition) is 2. The molecule has 2 saturated heterocycles. The van der Waals surface area contributed by atoms with Crippen LogP contribution in [0.5, 0.6) is 0 Å². The van der Waals surface area contributed by atoms with E-state index >= 15 is 0 Å². The third-order valence-electron chi connectivity index (χ3n) is 7.66. The molecule has 1 aliphatic carbocycles. The Morgan fingerprint density at radius 3 is 2.44 bits per heavy atom. The van der Waals surface area contributed by atoms with Gasteiger partial charge in [-0.2, -0.15) is 4.98 Å². The summed E-state index contributed by atoms with van der Waals surface area (Å²) in [7, 11) is 1.86. The van der Waals surface area contributed by atoms with Crippen molar-refractivity contribution >= 4 is 29.3 Å². The maximum atomic E-state index is 12.0. The van der Waals surface area contributed by atoms with E-state index < -0.39 is 5.91 Å². The van der Waals surface area contributed by atoms with Gasteiger partial charge in [0.05, 0.1) is 6.04 Å². The van der Waals surface area contributed by atoms with Gasteiger partial charge in [0.1, 0.15) is 0 Å². The maximum absolute atomic E-state index is 12.0. The van der Waals surface area contributed by atoms with Crippen LogP contribution in [0.4, 0.5) is 17.5 Å². The van der Waals surface area contributed by atoms with Crippen molar-refractivity contribution < 1.29 is 9.59 Å². The van der Waals surface area contributed by atoms with Gasteiger partial charge in [0, 0.05) is 31.9 Å². The lowest BCUT2D eigenvalue weighted by Gasteiger charge is -2.32. The molecule has 1 atom stereocenters. The van der Waals surface area contributed by atoms with Crippen LogP contribution in [0, 0.1) is 0 Å². The first-order valence-corrected chi connectivity index (χ1v) is 12.7. The molecule has 10 heteroatoms.